The summed E-state index contributed by atoms with van der Waals surface area (Å²) in [5.41, 5.74) is 5.76. The van der Waals surface area contributed by atoms with Gasteiger partial charge in [0.2, 0.25) is 0 Å². The molecule has 1 fully saturated rings. The van der Waals surface area contributed by atoms with Crippen LogP contribution < -0.4 is 15.5 Å². The van der Waals surface area contributed by atoms with E-state index in [1.54, 1.807) is 0 Å². The van der Waals surface area contributed by atoms with Crippen molar-refractivity contribution in [3.05, 3.63) is 60.4 Å². The highest BCUT2D eigenvalue weighted by Crippen LogP contribution is 2.27. The minimum Gasteiger partial charge on any atom is -0.494 e. The summed E-state index contributed by atoms with van der Waals surface area (Å²) >= 11 is 1.37. The summed E-state index contributed by atoms with van der Waals surface area (Å²) in [6.07, 6.45) is 4.45. The first-order valence-corrected chi connectivity index (χ1v) is 13.4. The van der Waals surface area contributed by atoms with Gasteiger partial charge in [0, 0.05) is 17.1 Å². The van der Waals surface area contributed by atoms with Crippen molar-refractivity contribution in [2.24, 2.45) is 11.0 Å². The minimum atomic E-state index is -0.383. The van der Waals surface area contributed by atoms with Crippen LogP contribution in [-0.4, -0.2) is 38.2 Å². The molecule has 0 radical (unpaired) electrons. The van der Waals surface area contributed by atoms with E-state index in [1.165, 1.54) is 18.2 Å². The number of hydrazone groups is 1. The van der Waals surface area contributed by atoms with Crippen molar-refractivity contribution in [3.8, 4) is 11.4 Å². The van der Waals surface area contributed by atoms with Crippen LogP contribution in [0.25, 0.3) is 5.69 Å². The molecular formula is C27H34N6O2S. The zero-order valence-electron chi connectivity index (χ0n) is 21.1. The zero-order valence-corrected chi connectivity index (χ0v) is 21.9. The molecule has 8 nitrogen and oxygen atoms in total. The Bertz CT molecular complexity index is 1160. The molecule has 190 valence electrons. The van der Waals surface area contributed by atoms with Gasteiger partial charge in [0.15, 0.2) is 11.0 Å². The zero-order chi connectivity index (χ0) is 25.3. The van der Waals surface area contributed by atoms with Gasteiger partial charge in [-0.05, 0) is 75.4 Å². The summed E-state index contributed by atoms with van der Waals surface area (Å²) < 4.78 is 7.51. The van der Waals surface area contributed by atoms with Gasteiger partial charge in [0.05, 0.1) is 18.4 Å². The number of rotatable bonds is 10. The number of hydrogen-bond donors (Lipinski definition) is 2. The number of ether oxygens (including phenoxy) is 1. The lowest BCUT2D eigenvalue weighted by molar-refractivity contribution is -0.120. The largest absolute Gasteiger partial charge is 0.494 e. The molecule has 1 heterocycles. The highest BCUT2D eigenvalue weighted by molar-refractivity contribution is 8.00. The molecule has 0 unspecified atom stereocenters. The number of amides is 1. The molecule has 0 spiro atoms. The average Bonchev–Trinajstić information content (AvgIpc) is 3.30. The highest BCUT2D eigenvalue weighted by Gasteiger charge is 2.22. The lowest BCUT2D eigenvalue weighted by Crippen LogP contribution is -2.30. The van der Waals surface area contributed by atoms with Gasteiger partial charge in [0.25, 0.3) is 5.91 Å². The average molecular weight is 507 g/mol. The van der Waals surface area contributed by atoms with Crippen LogP contribution in [0.1, 0.15) is 52.3 Å². The Balaban J connectivity index is 1.47. The summed E-state index contributed by atoms with van der Waals surface area (Å²) in [5.74, 6) is 1.88. The fourth-order valence-corrected chi connectivity index (χ4v) is 4.99. The molecule has 36 heavy (non-hydrogen) atoms. The quantitative estimate of drug-likeness (QED) is 0.281. The molecule has 0 saturated heterocycles. The molecule has 1 amide bonds. The fourth-order valence-electron chi connectivity index (χ4n) is 4.11. The van der Waals surface area contributed by atoms with Crippen molar-refractivity contribution in [3.63, 3.8) is 0 Å². The van der Waals surface area contributed by atoms with Crippen LogP contribution >= 0.6 is 11.8 Å². The summed E-state index contributed by atoms with van der Waals surface area (Å²) in [5, 5.41) is 17.0. The summed E-state index contributed by atoms with van der Waals surface area (Å²) in [6.45, 7) is 7.12. The number of anilines is 1. The van der Waals surface area contributed by atoms with Gasteiger partial charge in [-0.25, -0.2) is 5.43 Å². The van der Waals surface area contributed by atoms with E-state index in [2.05, 4.69) is 33.0 Å². The molecule has 2 N–H and O–H groups in total. The molecular weight excluding hydrogens is 472 g/mol. The van der Waals surface area contributed by atoms with E-state index in [0.29, 0.717) is 24.2 Å². The van der Waals surface area contributed by atoms with Gasteiger partial charge in [0.1, 0.15) is 5.75 Å². The summed E-state index contributed by atoms with van der Waals surface area (Å²) in [4.78, 5) is 12.8. The maximum atomic E-state index is 12.8. The molecule has 2 aromatic carbocycles. The maximum absolute atomic E-state index is 12.8. The van der Waals surface area contributed by atoms with E-state index in [4.69, 9.17) is 4.74 Å². The number of hydrogen-bond acceptors (Lipinski definition) is 7. The molecule has 0 aliphatic heterocycles. The van der Waals surface area contributed by atoms with Gasteiger partial charge >= 0.3 is 0 Å². The second-order valence-corrected chi connectivity index (χ2v) is 10.2. The Morgan fingerprint density at radius 3 is 2.67 bits per heavy atom. The molecule has 1 saturated carbocycles. The number of benzene rings is 2. The smallest absolute Gasteiger partial charge is 0.253 e. The number of nitrogens with zero attached hydrogens (tertiary/aromatic N) is 4. The molecule has 3 aromatic rings. The number of carbonyl (C=O) groups excluding carboxylic acids is 1. The van der Waals surface area contributed by atoms with E-state index in [0.717, 1.165) is 47.9 Å². The van der Waals surface area contributed by atoms with E-state index in [1.807, 2.05) is 73.0 Å². The number of para-hydroxylation sites is 1. The predicted molar refractivity (Wildman–Crippen MR) is 145 cm³/mol. The third kappa shape index (κ3) is 6.66. The highest BCUT2D eigenvalue weighted by atomic mass is 32.2. The van der Waals surface area contributed by atoms with Crippen molar-refractivity contribution in [1.82, 2.24) is 20.2 Å². The van der Waals surface area contributed by atoms with Gasteiger partial charge in [-0.15, -0.1) is 10.2 Å². The Kier molecular flexibility index (Phi) is 9.00. The molecule has 2 atom stereocenters. The molecule has 9 heteroatoms. The second-order valence-electron chi connectivity index (χ2n) is 8.87. The van der Waals surface area contributed by atoms with Crippen LogP contribution in [0, 0.1) is 5.92 Å². The van der Waals surface area contributed by atoms with Gasteiger partial charge < -0.3 is 10.1 Å². The Labute approximate surface area is 216 Å². The van der Waals surface area contributed by atoms with Crippen LogP contribution in [0.2, 0.25) is 0 Å². The van der Waals surface area contributed by atoms with Gasteiger partial charge in [-0.1, -0.05) is 43.3 Å². The molecule has 0 bridgehead atoms. The molecule has 1 aliphatic rings. The van der Waals surface area contributed by atoms with Crippen LogP contribution in [-0.2, 0) is 11.3 Å². The SMILES string of the molecule is CCOc1ccc(NCc2nnc(S[C@@H](C)C(=O)N/N=C3\CCCC[C@@H]3C)n2-c2ccccc2)cc1. The first kappa shape index (κ1) is 25.8. The Morgan fingerprint density at radius 2 is 1.94 bits per heavy atom. The van der Waals surface area contributed by atoms with Crippen molar-refractivity contribution in [1.29, 1.82) is 0 Å². The minimum absolute atomic E-state index is 0.137. The van der Waals surface area contributed by atoms with E-state index in [9.17, 15) is 4.79 Å². The topological polar surface area (TPSA) is 93.4 Å². The predicted octanol–water partition coefficient (Wildman–Crippen LogP) is 5.44. The molecule has 1 aromatic heterocycles. The van der Waals surface area contributed by atoms with Crippen molar-refractivity contribution < 1.29 is 9.53 Å². The van der Waals surface area contributed by atoms with Crippen LogP contribution in [0.4, 0.5) is 5.69 Å². The second kappa shape index (κ2) is 12.6. The van der Waals surface area contributed by atoms with Crippen molar-refractivity contribution >= 4 is 29.1 Å². The number of nitrogens with one attached hydrogen (secondary N) is 2. The third-order valence-corrected chi connectivity index (χ3v) is 7.22. The standard InChI is InChI=1S/C27H34N6O2S/c1-4-35-23-16-14-21(15-17-23)28-18-25-30-32-27(33(25)22-11-6-5-7-12-22)36-20(3)26(34)31-29-24-13-9-8-10-19(24)2/h5-7,11-12,14-17,19-20,28H,4,8-10,13,18H2,1-3H3,(H,31,34)/b29-24+/t19-,20-/m0/s1. The first-order chi connectivity index (χ1) is 17.5. The van der Waals surface area contributed by atoms with Crippen LogP contribution in [0.5, 0.6) is 5.75 Å². The normalized spacial score (nSPS) is 17.5. The van der Waals surface area contributed by atoms with Crippen molar-refractivity contribution in [2.75, 3.05) is 11.9 Å². The van der Waals surface area contributed by atoms with E-state index in [-0.39, 0.29) is 11.2 Å². The summed E-state index contributed by atoms with van der Waals surface area (Å²) in [6, 6.07) is 17.8. The Hall–Kier alpha value is -3.33. The Morgan fingerprint density at radius 1 is 1.17 bits per heavy atom. The monoisotopic (exact) mass is 506 g/mol. The van der Waals surface area contributed by atoms with Crippen LogP contribution in [0.15, 0.2) is 64.9 Å². The van der Waals surface area contributed by atoms with E-state index < -0.39 is 0 Å². The van der Waals surface area contributed by atoms with Gasteiger partial charge in [-0.2, -0.15) is 5.10 Å². The molecule has 1 aliphatic carbocycles. The first-order valence-electron chi connectivity index (χ1n) is 12.5. The summed E-state index contributed by atoms with van der Waals surface area (Å²) in [7, 11) is 0. The fraction of sp³-hybridized carbons (Fsp3) is 0.407. The van der Waals surface area contributed by atoms with Crippen LogP contribution in [0.3, 0.4) is 0 Å². The number of aromatic nitrogens is 3. The van der Waals surface area contributed by atoms with Gasteiger partial charge in [-0.3, -0.25) is 9.36 Å². The lowest BCUT2D eigenvalue weighted by atomic mass is 9.89. The number of carbonyl (C=O) groups is 1. The number of thioether (sulfide) groups is 1. The molecule has 4 rings (SSSR count). The van der Waals surface area contributed by atoms with Crippen molar-refractivity contribution in [2.45, 2.75) is 63.4 Å². The maximum Gasteiger partial charge on any atom is 0.253 e. The third-order valence-electron chi connectivity index (χ3n) is 6.18. The van der Waals surface area contributed by atoms with E-state index >= 15 is 0 Å². The lowest BCUT2D eigenvalue weighted by Gasteiger charge is -2.20.